The molecule has 4 nitrogen and oxygen atoms in total. The molecule has 2 aromatic rings. The van der Waals surface area contributed by atoms with Crippen LogP contribution in [0.1, 0.15) is 44.1 Å². The first-order valence-electron chi connectivity index (χ1n) is 9.73. The second-order valence-electron chi connectivity index (χ2n) is 8.70. The molecule has 0 spiro atoms. The van der Waals surface area contributed by atoms with E-state index in [0.717, 1.165) is 23.8 Å². The highest BCUT2D eigenvalue weighted by Gasteiger charge is 2.51. The third-order valence-corrected chi connectivity index (χ3v) is 6.86. The number of nitro benzene ring substituents is 1. The fourth-order valence-electron chi connectivity index (χ4n) is 6.15. The van der Waals surface area contributed by atoms with Crippen LogP contribution in [0, 0.1) is 33.7 Å². The molecule has 0 aromatic heterocycles. The zero-order valence-corrected chi connectivity index (χ0v) is 15.1. The minimum atomic E-state index is -0.727. The molecule has 0 heterocycles. The van der Waals surface area contributed by atoms with Gasteiger partial charge in [0.1, 0.15) is 5.75 Å². The number of halogens is 1. The van der Waals surface area contributed by atoms with Crippen LogP contribution in [0.25, 0.3) is 0 Å². The van der Waals surface area contributed by atoms with Crippen molar-refractivity contribution in [3.05, 3.63) is 64.0 Å². The van der Waals surface area contributed by atoms with E-state index in [9.17, 15) is 14.5 Å². The Kier molecular flexibility index (Phi) is 3.74. The maximum Gasteiger partial charge on any atom is 0.272 e. The van der Waals surface area contributed by atoms with Gasteiger partial charge in [-0.25, -0.2) is 4.39 Å². The van der Waals surface area contributed by atoms with E-state index in [2.05, 4.69) is 12.1 Å². The van der Waals surface area contributed by atoms with Gasteiger partial charge in [0.2, 0.25) is 0 Å². The van der Waals surface area contributed by atoms with Crippen LogP contribution < -0.4 is 4.74 Å². The molecule has 4 aliphatic rings. The molecule has 4 aliphatic carbocycles. The van der Waals surface area contributed by atoms with Gasteiger partial charge in [-0.3, -0.25) is 10.1 Å². The minimum Gasteiger partial charge on any atom is -0.454 e. The second kappa shape index (κ2) is 6.04. The summed E-state index contributed by atoms with van der Waals surface area (Å²) in [5, 5.41) is 10.7. The van der Waals surface area contributed by atoms with Crippen LogP contribution >= 0.6 is 0 Å². The number of non-ortho nitro benzene ring substituents is 1. The summed E-state index contributed by atoms with van der Waals surface area (Å²) in [5.41, 5.74) is 1.43. The molecule has 0 saturated heterocycles. The SMILES string of the molecule is O=[N+]([O-])c1ccc(Oc2ccc(C34CC5CC(CC(C5)C3)C4)cc2)c(F)c1. The largest absolute Gasteiger partial charge is 0.454 e. The van der Waals surface area contributed by atoms with Gasteiger partial charge in [0, 0.05) is 6.07 Å². The molecule has 4 fully saturated rings. The van der Waals surface area contributed by atoms with Gasteiger partial charge in [0.15, 0.2) is 11.6 Å². The number of nitrogens with zero attached hydrogens (tertiary/aromatic N) is 1. The fraction of sp³-hybridized carbons (Fsp3) is 0.455. The Morgan fingerprint density at radius 1 is 0.963 bits per heavy atom. The number of benzene rings is 2. The monoisotopic (exact) mass is 367 g/mol. The number of nitro groups is 1. The van der Waals surface area contributed by atoms with Crippen molar-refractivity contribution in [1.29, 1.82) is 0 Å². The van der Waals surface area contributed by atoms with Crippen molar-refractivity contribution >= 4 is 5.69 Å². The van der Waals surface area contributed by atoms with E-state index in [1.807, 2.05) is 12.1 Å². The van der Waals surface area contributed by atoms with Gasteiger partial charge in [-0.2, -0.15) is 0 Å². The minimum absolute atomic E-state index is 0.00292. The molecule has 4 bridgehead atoms. The van der Waals surface area contributed by atoms with Crippen LogP contribution in [-0.4, -0.2) is 4.92 Å². The Balaban J connectivity index is 1.36. The zero-order valence-electron chi connectivity index (χ0n) is 15.1. The molecular weight excluding hydrogens is 345 g/mol. The number of hydrogen-bond donors (Lipinski definition) is 0. The summed E-state index contributed by atoms with van der Waals surface area (Å²) in [7, 11) is 0. The molecule has 5 heteroatoms. The summed E-state index contributed by atoms with van der Waals surface area (Å²) in [6.07, 6.45) is 8.15. The Hall–Kier alpha value is -2.43. The topological polar surface area (TPSA) is 52.4 Å². The molecule has 0 atom stereocenters. The third-order valence-electron chi connectivity index (χ3n) is 6.86. The first-order valence-corrected chi connectivity index (χ1v) is 9.73. The Labute approximate surface area is 157 Å². The van der Waals surface area contributed by atoms with E-state index in [0.29, 0.717) is 11.2 Å². The van der Waals surface area contributed by atoms with Crippen molar-refractivity contribution in [2.24, 2.45) is 17.8 Å². The van der Waals surface area contributed by atoms with Gasteiger partial charge in [-0.1, -0.05) is 12.1 Å². The van der Waals surface area contributed by atoms with Crippen LogP contribution in [0.4, 0.5) is 10.1 Å². The predicted molar refractivity (Wildman–Crippen MR) is 99.4 cm³/mol. The van der Waals surface area contributed by atoms with Crippen LogP contribution in [0.15, 0.2) is 42.5 Å². The van der Waals surface area contributed by atoms with E-state index < -0.39 is 10.7 Å². The lowest BCUT2D eigenvalue weighted by molar-refractivity contribution is -0.385. The summed E-state index contributed by atoms with van der Waals surface area (Å²) in [4.78, 5) is 10.1. The van der Waals surface area contributed by atoms with E-state index in [1.165, 1.54) is 56.2 Å². The summed E-state index contributed by atoms with van der Waals surface area (Å²) >= 11 is 0. The average molecular weight is 367 g/mol. The van der Waals surface area contributed by atoms with Crippen LogP contribution in [-0.2, 0) is 5.41 Å². The molecule has 0 N–H and O–H groups in total. The lowest BCUT2D eigenvalue weighted by Gasteiger charge is -2.57. The lowest BCUT2D eigenvalue weighted by Crippen LogP contribution is -2.48. The van der Waals surface area contributed by atoms with Crippen molar-refractivity contribution in [1.82, 2.24) is 0 Å². The van der Waals surface area contributed by atoms with Gasteiger partial charge in [0.25, 0.3) is 5.69 Å². The maximum atomic E-state index is 14.1. The summed E-state index contributed by atoms with van der Waals surface area (Å²) in [6.45, 7) is 0. The van der Waals surface area contributed by atoms with Gasteiger partial charge < -0.3 is 4.74 Å². The van der Waals surface area contributed by atoms with Crippen molar-refractivity contribution < 1.29 is 14.1 Å². The zero-order chi connectivity index (χ0) is 18.6. The Morgan fingerprint density at radius 3 is 2.07 bits per heavy atom. The molecule has 0 amide bonds. The molecule has 6 rings (SSSR count). The highest BCUT2D eigenvalue weighted by atomic mass is 19.1. The van der Waals surface area contributed by atoms with Crippen LogP contribution in [0.5, 0.6) is 11.5 Å². The summed E-state index contributed by atoms with van der Waals surface area (Å²) in [5.74, 6) is 2.50. The average Bonchev–Trinajstić information content (AvgIpc) is 2.62. The van der Waals surface area contributed by atoms with Gasteiger partial charge in [0.05, 0.1) is 11.0 Å². The van der Waals surface area contributed by atoms with Crippen LogP contribution in [0.3, 0.4) is 0 Å². The first kappa shape index (κ1) is 16.7. The highest BCUT2D eigenvalue weighted by molar-refractivity contribution is 5.41. The van der Waals surface area contributed by atoms with Crippen molar-refractivity contribution in [2.45, 2.75) is 43.9 Å². The smallest absolute Gasteiger partial charge is 0.272 e. The Bertz CT molecular complexity index is 858. The second-order valence-corrected chi connectivity index (χ2v) is 8.70. The molecular formula is C22H22FNO3. The van der Waals surface area contributed by atoms with Crippen molar-refractivity contribution in [2.75, 3.05) is 0 Å². The van der Waals surface area contributed by atoms with Gasteiger partial charge in [-0.15, -0.1) is 0 Å². The van der Waals surface area contributed by atoms with Crippen molar-refractivity contribution in [3.8, 4) is 11.5 Å². The summed E-state index contributed by atoms with van der Waals surface area (Å²) in [6, 6.07) is 11.5. The third kappa shape index (κ3) is 2.89. The van der Waals surface area contributed by atoms with E-state index in [-0.39, 0.29) is 11.4 Å². The van der Waals surface area contributed by atoms with Crippen LogP contribution in [0.2, 0.25) is 0 Å². The predicted octanol–water partition coefficient (Wildman–Crippen LogP) is 5.99. The normalized spacial score (nSPS) is 31.1. The molecule has 0 radical (unpaired) electrons. The Morgan fingerprint density at radius 2 is 1.56 bits per heavy atom. The number of ether oxygens (including phenoxy) is 1. The maximum absolute atomic E-state index is 14.1. The first-order chi connectivity index (χ1) is 13.0. The van der Waals surface area contributed by atoms with E-state index in [1.54, 1.807) is 0 Å². The molecule has 140 valence electrons. The molecule has 2 aromatic carbocycles. The number of hydrogen-bond acceptors (Lipinski definition) is 3. The van der Waals surface area contributed by atoms with Crippen molar-refractivity contribution in [3.63, 3.8) is 0 Å². The molecule has 4 saturated carbocycles. The van der Waals surface area contributed by atoms with E-state index in [4.69, 9.17) is 4.74 Å². The van der Waals surface area contributed by atoms with E-state index >= 15 is 0 Å². The lowest BCUT2D eigenvalue weighted by atomic mass is 9.48. The molecule has 27 heavy (non-hydrogen) atoms. The standard InChI is InChI=1S/C22H22FNO3/c23-20-10-18(24(25)26)3-6-21(20)27-19-4-1-17(2-5-19)22-11-14-7-15(12-22)9-16(8-14)13-22/h1-6,10,14-16H,7-9,11-13H2. The molecule has 0 aliphatic heterocycles. The van der Waals surface area contributed by atoms with Gasteiger partial charge >= 0.3 is 0 Å². The number of rotatable bonds is 4. The molecule has 0 unspecified atom stereocenters. The summed E-state index contributed by atoms with van der Waals surface area (Å²) < 4.78 is 19.7. The highest BCUT2D eigenvalue weighted by Crippen LogP contribution is 2.60. The quantitative estimate of drug-likeness (QED) is 0.492. The van der Waals surface area contributed by atoms with Gasteiger partial charge in [-0.05, 0) is 85.5 Å². The fourth-order valence-corrected chi connectivity index (χ4v) is 6.15.